The molecule has 0 atom stereocenters. The quantitative estimate of drug-likeness (QED) is 0.926. The number of amides is 1. The van der Waals surface area contributed by atoms with Crippen molar-refractivity contribution in [1.82, 2.24) is 25.0 Å². The van der Waals surface area contributed by atoms with E-state index in [-0.39, 0.29) is 12.2 Å². The number of piperidine rings is 1. The van der Waals surface area contributed by atoms with E-state index in [2.05, 4.69) is 27.3 Å². The summed E-state index contributed by atoms with van der Waals surface area (Å²) in [4.78, 5) is 18.5. The molecule has 0 aromatic carbocycles. The van der Waals surface area contributed by atoms with Gasteiger partial charge in [-0.2, -0.15) is 5.10 Å². The molecular weight excluding hydrogens is 306 g/mol. The lowest BCUT2D eigenvalue weighted by atomic mass is 10.1. The lowest BCUT2D eigenvalue weighted by Gasteiger charge is -2.28. The number of ether oxygens (including phenoxy) is 1. The van der Waals surface area contributed by atoms with Gasteiger partial charge < -0.3 is 15.0 Å². The third-order valence-electron chi connectivity index (χ3n) is 4.20. The molecule has 128 valence electrons. The highest BCUT2D eigenvalue weighted by Crippen LogP contribution is 2.16. The molecule has 24 heavy (non-hydrogen) atoms. The normalized spacial score (nSPS) is 16.1. The average Bonchev–Trinajstić information content (AvgIpc) is 3.02. The highest BCUT2D eigenvalue weighted by atomic mass is 16.6. The van der Waals surface area contributed by atoms with Gasteiger partial charge in [-0.3, -0.25) is 9.67 Å². The zero-order valence-corrected chi connectivity index (χ0v) is 14.1. The van der Waals surface area contributed by atoms with Crippen LogP contribution < -0.4 is 5.32 Å². The third kappa shape index (κ3) is 4.32. The van der Waals surface area contributed by atoms with Gasteiger partial charge in [0.25, 0.3) is 0 Å². The fourth-order valence-corrected chi connectivity index (χ4v) is 2.72. The van der Waals surface area contributed by atoms with E-state index in [4.69, 9.17) is 4.74 Å². The van der Waals surface area contributed by atoms with Gasteiger partial charge in [-0.1, -0.05) is 6.07 Å². The molecule has 2 aromatic heterocycles. The van der Waals surface area contributed by atoms with E-state index in [0.29, 0.717) is 6.54 Å². The summed E-state index contributed by atoms with van der Waals surface area (Å²) in [6.07, 6.45) is 6.90. The molecule has 0 radical (unpaired) electrons. The van der Waals surface area contributed by atoms with Gasteiger partial charge in [0.1, 0.15) is 6.10 Å². The van der Waals surface area contributed by atoms with Crippen molar-refractivity contribution >= 4 is 6.09 Å². The van der Waals surface area contributed by atoms with Gasteiger partial charge in [0, 0.05) is 44.6 Å². The molecule has 3 heterocycles. The number of rotatable bonds is 4. The van der Waals surface area contributed by atoms with Gasteiger partial charge >= 0.3 is 6.09 Å². The number of likely N-dealkylation sites (tertiary alicyclic amines) is 1. The highest BCUT2D eigenvalue weighted by Gasteiger charge is 2.20. The molecule has 2 aromatic rings. The fourth-order valence-electron chi connectivity index (χ4n) is 2.72. The Morgan fingerprint density at radius 3 is 2.71 bits per heavy atom. The van der Waals surface area contributed by atoms with Crippen LogP contribution in [0.25, 0.3) is 11.3 Å². The molecule has 7 heteroatoms. The van der Waals surface area contributed by atoms with Crippen LogP contribution in [0.1, 0.15) is 18.4 Å². The summed E-state index contributed by atoms with van der Waals surface area (Å²) in [5.41, 5.74) is 2.77. The molecule has 7 nitrogen and oxygen atoms in total. The first-order valence-corrected chi connectivity index (χ1v) is 8.17. The van der Waals surface area contributed by atoms with E-state index in [0.717, 1.165) is 42.8 Å². The van der Waals surface area contributed by atoms with Gasteiger partial charge in [0.2, 0.25) is 0 Å². The summed E-state index contributed by atoms with van der Waals surface area (Å²) in [6.45, 7) is 2.35. The van der Waals surface area contributed by atoms with E-state index in [1.54, 1.807) is 17.1 Å². The average molecular weight is 329 g/mol. The maximum atomic E-state index is 11.9. The van der Waals surface area contributed by atoms with Crippen LogP contribution in [0.4, 0.5) is 4.79 Å². The molecule has 1 N–H and O–H groups in total. The van der Waals surface area contributed by atoms with Crippen molar-refractivity contribution in [2.24, 2.45) is 7.05 Å². The van der Waals surface area contributed by atoms with E-state index in [1.807, 2.05) is 25.4 Å². The Morgan fingerprint density at radius 2 is 2.08 bits per heavy atom. The summed E-state index contributed by atoms with van der Waals surface area (Å²) in [6, 6.07) is 3.88. The molecule has 1 saturated heterocycles. The Hall–Kier alpha value is -2.41. The van der Waals surface area contributed by atoms with Crippen LogP contribution >= 0.6 is 0 Å². The third-order valence-corrected chi connectivity index (χ3v) is 4.20. The topological polar surface area (TPSA) is 72.3 Å². The maximum Gasteiger partial charge on any atom is 0.407 e. The van der Waals surface area contributed by atoms with Crippen molar-refractivity contribution in [3.8, 4) is 11.3 Å². The molecule has 0 spiro atoms. The van der Waals surface area contributed by atoms with Gasteiger partial charge in [0.15, 0.2) is 0 Å². The summed E-state index contributed by atoms with van der Waals surface area (Å²) in [5, 5.41) is 6.92. The predicted octanol–water partition coefficient (Wildman–Crippen LogP) is 1.80. The van der Waals surface area contributed by atoms with Crippen LogP contribution in [0.5, 0.6) is 0 Å². The molecule has 1 aliphatic rings. The van der Waals surface area contributed by atoms with Crippen LogP contribution in [0, 0.1) is 0 Å². The van der Waals surface area contributed by atoms with Crippen LogP contribution in [0.15, 0.2) is 30.7 Å². The number of aromatic nitrogens is 3. The Kier molecular flexibility index (Phi) is 5.10. The first-order valence-electron chi connectivity index (χ1n) is 8.17. The van der Waals surface area contributed by atoms with Crippen molar-refractivity contribution in [1.29, 1.82) is 0 Å². The largest absolute Gasteiger partial charge is 0.446 e. The molecule has 0 aliphatic carbocycles. The van der Waals surface area contributed by atoms with Crippen LogP contribution in [0.2, 0.25) is 0 Å². The van der Waals surface area contributed by atoms with E-state index < -0.39 is 0 Å². The van der Waals surface area contributed by atoms with Gasteiger partial charge in [0.05, 0.1) is 11.9 Å². The number of hydrogen-bond donors (Lipinski definition) is 1. The zero-order chi connectivity index (χ0) is 16.9. The Balaban J connectivity index is 1.47. The number of nitrogens with zero attached hydrogens (tertiary/aromatic N) is 4. The predicted molar refractivity (Wildman–Crippen MR) is 90.3 cm³/mol. The second-order valence-electron chi connectivity index (χ2n) is 6.22. The molecule has 0 bridgehead atoms. The van der Waals surface area contributed by atoms with Crippen molar-refractivity contribution in [2.45, 2.75) is 25.5 Å². The molecule has 0 unspecified atom stereocenters. The molecule has 3 rings (SSSR count). The zero-order valence-electron chi connectivity index (χ0n) is 14.1. The number of carbonyl (C=O) groups excluding carboxylic acids is 1. The standard InChI is InChI=1S/C17H23N5O2/c1-21-7-5-15(6-8-21)24-17(23)19-10-13-3-4-16(18-9-13)14-11-20-22(2)12-14/h3-4,9,11-12,15H,5-8,10H2,1-2H3,(H,19,23). The van der Waals surface area contributed by atoms with E-state index in [9.17, 15) is 4.79 Å². The fraction of sp³-hybridized carbons (Fsp3) is 0.471. The van der Waals surface area contributed by atoms with Crippen LogP contribution in [0.3, 0.4) is 0 Å². The number of aryl methyl sites for hydroxylation is 1. The number of carbonyl (C=O) groups is 1. The second-order valence-corrected chi connectivity index (χ2v) is 6.22. The first kappa shape index (κ1) is 16.4. The molecule has 1 aliphatic heterocycles. The van der Waals surface area contributed by atoms with Crippen molar-refractivity contribution in [3.63, 3.8) is 0 Å². The number of alkyl carbamates (subject to hydrolysis) is 1. The summed E-state index contributed by atoms with van der Waals surface area (Å²) in [7, 11) is 3.95. The molecule has 1 amide bonds. The lowest BCUT2D eigenvalue weighted by molar-refractivity contribution is 0.0569. The van der Waals surface area contributed by atoms with Gasteiger partial charge in [-0.15, -0.1) is 0 Å². The Bertz CT molecular complexity index is 675. The van der Waals surface area contributed by atoms with Crippen LogP contribution in [-0.2, 0) is 18.3 Å². The summed E-state index contributed by atoms with van der Waals surface area (Å²) < 4.78 is 7.19. The van der Waals surface area contributed by atoms with Gasteiger partial charge in [-0.05, 0) is 31.5 Å². The molecule has 0 saturated carbocycles. The minimum absolute atomic E-state index is 0.0206. The molecular formula is C17H23N5O2. The highest BCUT2D eigenvalue weighted by molar-refractivity contribution is 5.67. The lowest BCUT2D eigenvalue weighted by Crippen LogP contribution is -2.37. The summed E-state index contributed by atoms with van der Waals surface area (Å²) in [5.74, 6) is 0. The molecule has 1 fully saturated rings. The van der Waals surface area contributed by atoms with Crippen LogP contribution in [-0.4, -0.2) is 52.0 Å². The number of nitrogens with one attached hydrogen (secondary N) is 1. The van der Waals surface area contributed by atoms with E-state index >= 15 is 0 Å². The van der Waals surface area contributed by atoms with Crippen molar-refractivity contribution in [2.75, 3.05) is 20.1 Å². The number of pyridine rings is 1. The van der Waals surface area contributed by atoms with E-state index in [1.165, 1.54) is 0 Å². The minimum Gasteiger partial charge on any atom is -0.446 e. The van der Waals surface area contributed by atoms with Crippen molar-refractivity contribution in [3.05, 3.63) is 36.3 Å². The minimum atomic E-state index is -0.360. The van der Waals surface area contributed by atoms with Gasteiger partial charge in [-0.25, -0.2) is 4.79 Å². The Labute approximate surface area is 141 Å². The first-order chi connectivity index (χ1) is 11.6. The number of hydrogen-bond acceptors (Lipinski definition) is 5. The SMILES string of the molecule is CN1CCC(OC(=O)NCc2ccc(-c3cnn(C)c3)nc2)CC1. The maximum absolute atomic E-state index is 11.9. The Morgan fingerprint density at radius 1 is 1.29 bits per heavy atom. The smallest absolute Gasteiger partial charge is 0.407 e. The summed E-state index contributed by atoms with van der Waals surface area (Å²) >= 11 is 0. The second kappa shape index (κ2) is 7.44. The monoisotopic (exact) mass is 329 g/mol. The van der Waals surface area contributed by atoms with Crippen molar-refractivity contribution < 1.29 is 9.53 Å².